The lowest BCUT2D eigenvalue weighted by Crippen LogP contribution is -2.48. The maximum absolute atomic E-state index is 6.13. The van der Waals surface area contributed by atoms with E-state index in [1.165, 1.54) is 32.2 Å². The van der Waals surface area contributed by atoms with Crippen molar-refractivity contribution >= 4 is 0 Å². The van der Waals surface area contributed by atoms with Gasteiger partial charge in [0.05, 0.1) is 24.4 Å². The van der Waals surface area contributed by atoms with Gasteiger partial charge in [-0.3, -0.25) is 4.90 Å². The van der Waals surface area contributed by atoms with E-state index in [4.69, 9.17) is 9.47 Å². The zero-order valence-corrected chi connectivity index (χ0v) is 14.3. The first kappa shape index (κ1) is 16.3. The summed E-state index contributed by atoms with van der Waals surface area (Å²) in [5, 5.41) is 0. The monoisotopic (exact) mass is 283 g/mol. The van der Waals surface area contributed by atoms with Gasteiger partial charge in [0, 0.05) is 11.6 Å². The van der Waals surface area contributed by atoms with Gasteiger partial charge in [-0.2, -0.15) is 0 Å². The summed E-state index contributed by atoms with van der Waals surface area (Å²) in [7, 11) is 0. The van der Waals surface area contributed by atoms with Gasteiger partial charge in [-0.05, 0) is 73.8 Å². The SMILES string of the molecule is CC(C)(C)OC[C@H]1CC[C@@]2(COC(C)(C)C)CCCN12. The Bertz CT molecular complexity index is 329. The number of ether oxygens (including phenoxy) is 2. The molecule has 2 atom stereocenters. The number of nitrogens with zero attached hydrogens (tertiary/aromatic N) is 1. The summed E-state index contributed by atoms with van der Waals surface area (Å²) in [6.45, 7) is 15.8. The molecule has 0 aromatic carbocycles. The fourth-order valence-electron chi connectivity index (χ4n) is 3.49. The third-order valence-electron chi connectivity index (χ3n) is 4.52. The van der Waals surface area contributed by atoms with E-state index >= 15 is 0 Å². The van der Waals surface area contributed by atoms with Crippen LogP contribution in [-0.4, -0.2) is 47.4 Å². The Morgan fingerprint density at radius 3 is 2.25 bits per heavy atom. The molecule has 0 unspecified atom stereocenters. The molecule has 2 rings (SSSR count). The van der Waals surface area contributed by atoms with E-state index in [-0.39, 0.29) is 11.2 Å². The molecule has 2 saturated heterocycles. The smallest absolute Gasteiger partial charge is 0.0657 e. The number of rotatable bonds is 4. The van der Waals surface area contributed by atoms with Gasteiger partial charge >= 0.3 is 0 Å². The van der Waals surface area contributed by atoms with Crippen LogP contribution in [0.5, 0.6) is 0 Å². The second kappa shape index (κ2) is 5.58. The van der Waals surface area contributed by atoms with E-state index in [0.717, 1.165) is 13.2 Å². The fraction of sp³-hybridized carbons (Fsp3) is 1.00. The molecule has 0 aliphatic carbocycles. The lowest BCUT2D eigenvalue weighted by Gasteiger charge is -2.37. The zero-order valence-electron chi connectivity index (χ0n) is 14.3. The van der Waals surface area contributed by atoms with Gasteiger partial charge in [-0.1, -0.05) is 0 Å². The lowest BCUT2D eigenvalue weighted by atomic mass is 9.95. The molecule has 0 amide bonds. The summed E-state index contributed by atoms with van der Waals surface area (Å²) in [4.78, 5) is 2.68. The lowest BCUT2D eigenvalue weighted by molar-refractivity contribution is -0.0706. The van der Waals surface area contributed by atoms with Crippen molar-refractivity contribution in [1.82, 2.24) is 4.90 Å². The molecule has 0 radical (unpaired) electrons. The molecule has 3 heteroatoms. The Kier molecular flexibility index (Phi) is 4.54. The van der Waals surface area contributed by atoms with Crippen LogP contribution in [-0.2, 0) is 9.47 Å². The third-order valence-corrected chi connectivity index (χ3v) is 4.52. The number of fused-ring (bicyclic) bond motifs is 1. The molecular formula is C17H33NO2. The highest BCUT2D eigenvalue weighted by atomic mass is 16.5. The maximum atomic E-state index is 6.13. The Labute approximate surface area is 125 Å². The van der Waals surface area contributed by atoms with E-state index < -0.39 is 0 Å². The molecule has 0 spiro atoms. The van der Waals surface area contributed by atoms with Crippen LogP contribution in [0.2, 0.25) is 0 Å². The van der Waals surface area contributed by atoms with Crippen LogP contribution in [0.4, 0.5) is 0 Å². The minimum atomic E-state index is -0.0387. The first-order valence-corrected chi connectivity index (χ1v) is 8.16. The minimum Gasteiger partial charge on any atom is -0.374 e. The van der Waals surface area contributed by atoms with Crippen molar-refractivity contribution in [2.24, 2.45) is 0 Å². The van der Waals surface area contributed by atoms with Crippen LogP contribution in [0, 0.1) is 0 Å². The second-order valence-electron chi connectivity index (χ2n) is 8.54. The van der Waals surface area contributed by atoms with Gasteiger partial charge in [0.25, 0.3) is 0 Å². The molecule has 0 aromatic rings. The van der Waals surface area contributed by atoms with Gasteiger partial charge in [0.2, 0.25) is 0 Å². The summed E-state index contributed by atoms with van der Waals surface area (Å²) in [5.74, 6) is 0. The molecule has 0 bridgehead atoms. The first-order valence-electron chi connectivity index (χ1n) is 8.16. The van der Waals surface area contributed by atoms with E-state index in [1.54, 1.807) is 0 Å². The molecule has 2 aliphatic heterocycles. The summed E-state index contributed by atoms with van der Waals surface area (Å²) in [6.07, 6.45) is 5.11. The van der Waals surface area contributed by atoms with Gasteiger partial charge < -0.3 is 9.47 Å². The van der Waals surface area contributed by atoms with Gasteiger partial charge in [0.1, 0.15) is 0 Å². The molecule has 0 saturated carbocycles. The number of hydrogen-bond acceptors (Lipinski definition) is 3. The Balaban J connectivity index is 1.94. The van der Waals surface area contributed by atoms with Crippen molar-refractivity contribution in [3.63, 3.8) is 0 Å². The summed E-state index contributed by atoms with van der Waals surface area (Å²) >= 11 is 0. The first-order chi connectivity index (χ1) is 9.11. The van der Waals surface area contributed by atoms with Crippen molar-refractivity contribution < 1.29 is 9.47 Å². The zero-order chi connectivity index (χ0) is 15.0. The van der Waals surface area contributed by atoms with Crippen molar-refractivity contribution in [1.29, 1.82) is 0 Å². The van der Waals surface area contributed by atoms with Gasteiger partial charge in [-0.25, -0.2) is 0 Å². The summed E-state index contributed by atoms with van der Waals surface area (Å²) < 4.78 is 12.2. The van der Waals surface area contributed by atoms with Crippen molar-refractivity contribution in [3.8, 4) is 0 Å². The predicted molar refractivity (Wildman–Crippen MR) is 83.1 cm³/mol. The van der Waals surface area contributed by atoms with Crippen LogP contribution < -0.4 is 0 Å². The summed E-state index contributed by atoms with van der Waals surface area (Å²) in [6, 6.07) is 0.584. The maximum Gasteiger partial charge on any atom is 0.0657 e. The molecule has 3 nitrogen and oxygen atoms in total. The van der Waals surface area contributed by atoms with E-state index in [0.29, 0.717) is 11.6 Å². The summed E-state index contributed by atoms with van der Waals surface area (Å²) in [5.41, 5.74) is 0.217. The van der Waals surface area contributed by atoms with E-state index in [1.807, 2.05) is 0 Å². The molecule has 2 aliphatic rings. The largest absolute Gasteiger partial charge is 0.374 e. The Morgan fingerprint density at radius 2 is 1.65 bits per heavy atom. The Morgan fingerprint density at radius 1 is 1.00 bits per heavy atom. The van der Waals surface area contributed by atoms with Crippen LogP contribution in [0.3, 0.4) is 0 Å². The standard InChI is InChI=1S/C17H33NO2/c1-15(2,3)19-12-14-8-10-17(9-7-11-18(14)17)13-20-16(4,5)6/h14H,7-13H2,1-6H3/t14-,17-/m1/s1. The van der Waals surface area contributed by atoms with Gasteiger partial charge in [-0.15, -0.1) is 0 Å². The number of hydrogen-bond donors (Lipinski definition) is 0. The van der Waals surface area contributed by atoms with Crippen molar-refractivity contribution in [2.75, 3.05) is 19.8 Å². The highest BCUT2D eigenvalue weighted by Gasteiger charge is 2.49. The predicted octanol–water partition coefficient (Wildman–Crippen LogP) is 3.61. The average molecular weight is 283 g/mol. The third kappa shape index (κ3) is 3.96. The highest BCUT2D eigenvalue weighted by molar-refractivity contribution is 5.04. The molecular weight excluding hydrogens is 250 g/mol. The van der Waals surface area contributed by atoms with E-state index in [9.17, 15) is 0 Å². The van der Waals surface area contributed by atoms with E-state index in [2.05, 4.69) is 46.4 Å². The highest BCUT2D eigenvalue weighted by Crippen LogP contribution is 2.43. The molecule has 20 heavy (non-hydrogen) atoms. The average Bonchev–Trinajstić information content (AvgIpc) is 2.80. The normalized spacial score (nSPS) is 31.8. The molecule has 0 N–H and O–H groups in total. The van der Waals surface area contributed by atoms with Crippen LogP contribution in [0.15, 0.2) is 0 Å². The molecule has 2 fully saturated rings. The van der Waals surface area contributed by atoms with Crippen LogP contribution >= 0.6 is 0 Å². The van der Waals surface area contributed by atoms with Crippen LogP contribution in [0.1, 0.15) is 67.2 Å². The second-order valence-corrected chi connectivity index (χ2v) is 8.54. The molecule has 118 valence electrons. The quantitative estimate of drug-likeness (QED) is 0.786. The molecule has 0 aromatic heterocycles. The Hall–Kier alpha value is -0.120. The van der Waals surface area contributed by atoms with Gasteiger partial charge in [0.15, 0.2) is 0 Å². The van der Waals surface area contributed by atoms with Crippen molar-refractivity contribution in [2.45, 2.75) is 90.0 Å². The topological polar surface area (TPSA) is 21.7 Å². The molecule has 2 heterocycles. The fourth-order valence-corrected chi connectivity index (χ4v) is 3.49. The minimum absolute atomic E-state index is 0.0348. The van der Waals surface area contributed by atoms with Crippen LogP contribution in [0.25, 0.3) is 0 Å². The van der Waals surface area contributed by atoms with Crippen molar-refractivity contribution in [3.05, 3.63) is 0 Å².